The highest BCUT2D eigenvalue weighted by Crippen LogP contribution is 2.22. The van der Waals surface area contributed by atoms with Crippen molar-refractivity contribution < 1.29 is 14.9 Å². The summed E-state index contributed by atoms with van der Waals surface area (Å²) in [5.41, 5.74) is 0.791. The Labute approximate surface area is 83.1 Å². The molecule has 1 rings (SSSR count). The Bertz CT molecular complexity index is 289. The lowest BCUT2D eigenvalue weighted by molar-refractivity contribution is 0.291. The number of methoxy groups -OCH3 is 1. The van der Waals surface area contributed by atoms with Crippen LogP contribution in [0.15, 0.2) is 18.2 Å². The molecule has 0 aliphatic heterocycles. The average Bonchev–Trinajstić information content (AvgIpc) is 2.20. The molecule has 0 aromatic heterocycles. The largest absolute Gasteiger partial charge is 0.507 e. The number of aromatic hydroxyl groups is 1. The number of nitrogens with one attached hydrogen (secondary N) is 1. The molecule has 0 saturated heterocycles. The smallest absolute Gasteiger partial charge is 0.123 e. The Morgan fingerprint density at radius 2 is 2.21 bits per heavy atom. The van der Waals surface area contributed by atoms with Gasteiger partial charge in [-0.3, -0.25) is 0 Å². The van der Waals surface area contributed by atoms with Crippen LogP contribution in [0, 0.1) is 0 Å². The Hall–Kier alpha value is -1.26. The zero-order valence-corrected chi connectivity index (χ0v) is 8.16. The number of benzene rings is 1. The topological polar surface area (TPSA) is 61.7 Å². The molecule has 4 nitrogen and oxygen atoms in total. The number of phenols is 1. The lowest BCUT2D eigenvalue weighted by Crippen LogP contribution is -2.17. The summed E-state index contributed by atoms with van der Waals surface area (Å²) in [5.74, 6) is 0.836. The van der Waals surface area contributed by atoms with Crippen molar-refractivity contribution >= 4 is 0 Å². The zero-order valence-electron chi connectivity index (χ0n) is 8.16. The van der Waals surface area contributed by atoms with Gasteiger partial charge in [0.25, 0.3) is 0 Å². The van der Waals surface area contributed by atoms with Crippen molar-refractivity contribution in [1.29, 1.82) is 0 Å². The normalized spacial score (nSPS) is 10.1. The van der Waals surface area contributed by atoms with Crippen molar-refractivity contribution in [3.05, 3.63) is 23.8 Å². The van der Waals surface area contributed by atoms with Gasteiger partial charge in [-0.2, -0.15) is 0 Å². The van der Waals surface area contributed by atoms with E-state index in [-0.39, 0.29) is 12.4 Å². The number of ether oxygens (including phenoxy) is 1. The van der Waals surface area contributed by atoms with Crippen LogP contribution in [0.25, 0.3) is 0 Å². The summed E-state index contributed by atoms with van der Waals surface area (Å²) in [5, 5.41) is 21.1. The van der Waals surface area contributed by atoms with E-state index in [1.807, 2.05) is 0 Å². The van der Waals surface area contributed by atoms with Crippen molar-refractivity contribution in [2.45, 2.75) is 6.54 Å². The molecule has 0 heterocycles. The van der Waals surface area contributed by atoms with Gasteiger partial charge in [0.05, 0.1) is 13.7 Å². The predicted molar refractivity (Wildman–Crippen MR) is 53.5 cm³/mol. The van der Waals surface area contributed by atoms with E-state index >= 15 is 0 Å². The van der Waals surface area contributed by atoms with Crippen LogP contribution >= 0.6 is 0 Å². The summed E-state index contributed by atoms with van der Waals surface area (Å²) in [7, 11) is 1.55. The second-order valence-electron chi connectivity index (χ2n) is 2.90. The molecule has 0 spiro atoms. The molecule has 0 amide bonds. The Morgan fingerprint density at radius 1 is 1.43 bits per heavy atom. The molecule has 78 valence electrons. The molecule has 4 heteroatoms. The van der Waals surface area contributed by atoms with E-state index in [2.05, 4.69) is 5.32 Å². The summed E-state index contributed by atoms with van der Waals surface area (Å²) in [6.45, 7) is 1.15. The SMILES string of the molecule is COc1ccc(CNCCO)c(O)c1. The third-order valence-electron chi connectivity index (χ3n) is 1.90. The van der Waals surface area contributed by atoms with Crippen LogP contribution in [0.5, 0.6) is 11.5 Å². The lowest BCUT2D eigenvalue weighted by atomic mass is 10.2. The molecule has 0 atom stereocenters. The maximum absolute atomic E-state index is 9.54. The zero-order chi connectivity index (χ0) is 10.4. The number of aliphatic hydroxyl groups excluding tert-OH is 1. The number of hydrogen-bond donors (Lipinski definition) is 3. The fourth-order valence-corrected chi connectivity index (χ4v) is 1.12. The third kappa shape index (κ3) is 2.90. The summed E-state index contributed by atoms with van der Waals surface area (Å²) in [6, 6.07) is 5.14. The van der Waals surface area contributed by atoms with E-state index in [9.17, 15) is 5.11 Å². The number of rotatable bonds is 5. The van der Waals surface area contributed by atoms with Crippen LogP contribution in [0.2, 0.25) is 0 Å². The maximum atomic E-state index is 9.54. The summed E-state index contributed by atoms with van der Waals surface area (Å²) >= 11 is 0. The molecule has 0 saturated carbocycles. The minimum Gasteiger partial charge on any atom is -0.507 e. The fourth-order valence-electron chi connectivity index (χ4n) is 1.12. The van der Waals surface area contributed by atoms with E-state index in [1.54, 1.807) is 25.3 Å². The molecule has 0 unspecified atom stereocenters. The molecular formula is C10H15NO3. The van der Waals surface area contributed by atoms with E-state index in [0.29, 0.717) is 18.8 Å². The summed E-state index contributed by atoms with van der Waals surface area (Å²) < 4.78 is 4.96. The molecule has 1 aromatic carbocycles. The highest BCUT2D eigenvalue weighted by molar-refractivity contribution is 5.39. The van der Waals surface area contributed by atoms with E-state index in [4.69, 9.17) is 9.84 Å². The number of aliphatic hydroxyl groups is 1. The van der Waals surface area contributed by atoms with Crippen LogP contribution in [-0.2, 0) is 6.54 Å². The fraction of sp³-hybridized carbons (Fsp3) is 0.400. The maximum Gasteiger partial charge on any atom is 0.123 e. The molecule has 0 fully saturated rings. The second-order valence-corrected chi connectivity index (χ2v) is 2.90. The van der Waals surface area contributed by atoms with Crippen molar-refractivity contribution in [3.8, 4) is 11.5 Å². The van der Waals surface area contributed by atoms with Gasteiger partial charge < -0.3 is 20.3 Å². The van der Waals surface area contributed by atoms with Crippen molar-refractivity contribution in [1.82, 2.24) is 5.32 Å². The second kappa shape index (κ2) is 5.47. The first-order chi connectivity index (χ1) is 6.77. The van der Waals surface area contributed by atoms with Gasteiger partial charge in [0.2, 0.25) is 0 Å². The average molecular weight is 197 g/mol. The van der Waals surface area contributed by atoms with Crippen LogP contribution < -0.4 is 10.1 Å². The van der Waals surface area contributed by atoms with Gasteiger partial charge in [-0.25, -0.2) is 0 Å². The molecule has 0 bridgehead atoms. The molecule has 0 radical (unpaired) electrons. The number of hydrogen-bond acceptors (Lipinski definition) is 4. The first kappa shape index (κ1) is 10.8. The van der Waals surface area contributed by atoms with E-state index < -0.39 is 0 Å². The summed E-state index contributed by atoms with van der Waals surface area (Å²) in [6.07, 6.45) is 0. The Morgan fingerprint density at radius 3 is 2.79 bits per heavy atom. The van der Waals surface area contributed by atoms with E-state index in [0.717, 1.165) is 5.56 Å². The first-order valence-electron chi connectivity index (χ1n) is 4.45. The minimum absolute atomic E-state index is 0.0942. The van der Waals surface area contributed by atoms with Crippen molar-refractivity contribution in [3.63, 3.8) is 0 Å². The molecule has 3 N–H and O–H groups in total. The van der Waals surface area contributed by atoms with Gasteiger partial charge in [-0.05, 0) is 6.07 Å². The van der Waals surface area contributed by atoms with Crippen LogP contribution in [0.1, 0.15) is 5.56 Å². The van der Waals surface area contributed by atoms with Gasteiger partial charge >= 0.3 is 0 Å². The van der Waals surface area contributed by atoms with Gasteiger partial charge in [0.15, 0.2) is 0 Å². The van der Waals surface area contributed by atoms with E-state index in [1.165, 1.54) is 0 Å². The van der Waals surface area contributed by atoms with Gasteiger partial charge in [0.1, 0.15) is 11.5 Å². The Kier molecular flexibility index (Phi) is 4.22. The predicted octanol–water partition coefficient (Wildman–Crippen LogP) is 0.483. The quantitative estimate of drug-likeness (QED) is 0.601. The van der Waals surface area contributed by atoms with Gasteiger partial charge in [-0.1, -0.05) is 6.07 Å². The number of phenolic OH excluding ortho intramolecular Hbond substituents is 1. The van der Waals surface area contributed by atoms with Gasteiger partial charge in [0, 0.05) is 24.7 Å². The molecule has 14 heavy (non-hydrogen) atoms. The third-order valence-corrected chi connectivity index (χ3v) is 1.90. The minimum atomic E-state index is 0.0942. The lowest BCUT2D eigenvalue weighted by Gasteiger charge is -2.07. The van der Waals surface area contributed by atoms with Crippen molar-refractivity contribution in [2.75, 3.05) is 20.3 Å². The molecule has 1 aromatic rings. The monoisotopic (exact) mass is 197 g/mol. The first-order valence-corrected chi connectivity index (χ1v) is 4.45. The Balaban J connectivity index is 2.59. The van der Waals surface area contributed by atoms with Crippen LogP contribution in [0.4, 0.5) is 0 Å². The standard InChI is InChI=1S/C10H15NO3/c1-14-9-3-2-8(10(13)6-9)7-11-4-5-12/h2-3,6,11-13H,4-5,7H2,1H3. The van der Waals surface area contributed by atoms with Gasteiger partial charge in [-0.15, -0.1) is 0 Å². The van der Waals surface area contributed by atoms with Crippen LogP contribution in [0.3, 0.4) is 0 Å². The highest BCUT2D eigenvalue weighted by atomic mass is 16.5. The molecule has 0 aliphatic carbocycles. The highest BCUT2D eigenvalue weighted by Gasteiger charge is 2.01. The summed E-state index contributed by atoms with van der Waals surface area (Å²) in [4.78, 5) is 0. The molecular weight excluding hydrogens is 182 g/mol. The van der Waals surface area contributed by atoms with Crippen molar-refractivity contribution in [2.24, 2.45) is 0 Å². The van der Waals surface area contributed by atoms with Crippen LogP contribution in [-0.4, -0.2) is 30.5 Å². The molecule has 0 aliphatic rings.